The fourth-order valence-corrected chi connectivity index (χ4v) is 5.68. The van der Waals surface area contributed by atoms with Crippen LogP contribution in [0, 0.1) is 0 Å². The van der Waals surface area contributed by atoms with E-state index in [1.807, 2.05) is 0 Å². The molecule has 32 heavy (non-hydrogen) atoms. The highest BCUT2D eigenvalue weighted by Gasteiger charge is 2.35. The van der Waals surface area contributed by atoms with Crippen molar-refractivity contribution in [2.45, 2.75) is 25.3 Å². The molecule has 154 valence electrons. The lowest BCUT2D eigenvalue weighted by molar-refractivity contribution is 0.659. The van der Waals surface area contributed by atoms with Gasteiger partial charge >= 0.3 is 0 Å². The van der Waals surface area contributed by atoms with Crippen molar-refractivity contribution in [3.63, 3.8) is 0 Å². The maximum atomic E-state index is 3.54. The zero-order chi connectivity index (χ0) is 21.1. The summed E-state index contributed by atoms with van der Waals surface area (Å²) in [4.78, 5) is 6.11. The van der Waals surface area contributed by atoms with Gasteiger partial charge in [-0.25, -0.2) is 0 Å². The first-order valence-electron chi connectivity index (χ1n) is 11.6. The molecule has 1 aliphatic carbocycles. The quantitative estimate of drug-likeness (QED) is 0.310. The van der Waals surface area contributed by atoms with Crippen molar-refractivity contribution < 1.29 is 0 Å². The first kappa shape index (κ1) is 17.9. The molecular formula is C30H24N2. The van der Waals surface area contributed by atoms with Gasteiger partial charge in [0, 0.05) is 38.7 Å². The maximum absolute atomic E-state index is 3.54. The second kappa shape index (κ2) is 6.86. The minimum Gasteiger partial charge on any atom is -0.355 e. The number of anilines is 2. The summed E-state index contributed by atoms with van der Waals surface area (Å²) in [6, 6.07) is 33.7. The molecule has 0 amide bonds. The number of H-pyrrole nitrogens is 1. The van der Waals surface area contributed by atoms with Gasteiger partial charge in [-0.3, -0.25) is 0 Å². The summed E-state index contributed by atoms with van der Waals surface area (Å²) in [7, 11) is 0. The molecule has 1 N–H and O–H groups in total. The Morgan fingerprint density at radius 1 is 0.719 bits per heavy atom. The van der Waals surface area contributed by atoms with E-state index in [4.69, 9.17) is 0 Å². The maximum Gasteiger partial charge on any atom is 0.0595 e. The Balaban J connectivity index is 1.40. The van der Waals surface area contributed by atoms with Crippen LogP contribution < -0.4 is 4.90 Å². The molecule has 1 aliphatic heterocycles. The first-order valence-corrected chi connectivity index (χ1v) is 11.6. The van der Waals surface area contributed by atoms with Gasteiger partial charge in [-0.05, 0) is 72.4 Å². The van der Waals surface area contributed by atoms with Crippen LogP contribution >= 0.6 is 0 Å². The summed E-state index contributed by atoms with van der Waals surface area (Å²) in [5.74, 6) is 0. The van der Waals surface area contributed by atoms with E-state index in [0.717, 1.165) is 0 Å². The predicted molar refractivity (Wildman–Crippen MR) is 135 cm³/mol. The molecule has 1 aromatic heterocycles. The summed E-state index contributed by atoms with van der Waals surface area (Å²) in [5.41, 5.74) is 10.5. The highest BCUT2D eigenvalue weighted by atomic mass is 15.2. The number of hydrogen-bond donors (Lipinski definition) is 1. The predicted octanol–water partition coefficient (Wildman–Crippen LogP) is 8.08. The number of fused-ring (bicyclic) bond motifs is 6. The molecule has 5 aromatic rings. The molecule has 0 bridgehead atoms. The van der Waals surface area contributed by atoms with Crippen LogP contribution in [0.3, 0.4) is 0 Å². The minimum atomic E-state index is 0.451. The lowest BCUT2D eigenvalue weighted by Gasteiger charge is -2.30. The van der Waals surface area contributed by atoms with E-state index in [9.17, 15) is 0 Å². The normalized spacial score (nSPS) is 17.4. The number of rotatable bonds is 2. The third kappa shape index (κ3) is 2.59. The molecule has 0 spiro atoms. The lowest BCUT2D eigenvalue weighted by Crippen LogP contribution is -2.28. The van der Waals surface area contributed by atoms with E-state index in [2.05, 4.69) is 107 Å². The third-order valence-corrected chi connectivity index (χ3v) is 7.16. The van der Waals surface area contributed by atoms with Gasteiger partial charge in [0.1, 0.15) is 0 Å². The Hall–Kier alpha value is -3.78. The Labute approximate surface area is 187 Å². The van der Waals surface area contributed by atoms with Crippen LogP contribution in [-0.4, -0.2) is 11.0 Å². The largest absolute Gasteiger partial charge is 0.355 e. The van der Waals surface area contributed by atoms with Gasteiger partial charge in [0.2, 0.25) is 0 Å². The number of hydrogen-bond acceptors (Lipinski definition) is 1. The number of nitrogens with one attached hydrogen (secondary N) is 1. The van der Waals surface area contributed by atoms with E-state index in [1.54, 1.807) is 0 Å². The van der Waals surface area contributed by atoms with Crippen LogP contribution in [0.1, 0.15) is 24.8 Å². The minimum absolute atomic E-state index is 0.451. The molecule has 2 heteroatoms. The molecular weight excluding hydrogens is 388 g/mol. The number of aromatic amines is 1. The number of nitrogens with zero attached hydrogens (tertiary/aromatic N) is 1. The Kier molecular flexibility index (Phi) is 3.83. The van der Waals surface area contributed by atoms with E-state index < -0.39 is 0 Å². The van der Waals surface area contributed by atoms with Crippen LogP contribution in [0.15, 0.2) is 97.1 Å². The summed E-state index contributed by atoms with van der Waals surface area (Å²) in [6.45, 7) is 0. The van der Waals surface area contributed by atoms with Crippen molar-refractivity contribution in [1.29, 1.82) is 0 Å². The molecule has 4 aromatic carbocycles. The average Bonchev–Trinajstić information content (AvgIpc) is 3.39. The summed E-state index contributed by atoms with van der Waals surface area (Å²) < 4.78 is 0. The van der Waals surface area contributed by atoms with E-state index in [0.29, 0.717) is 6.04 Å². The van der Waals surface area contributed by atoms with Crippen molar-refractivity contribution in [3.8, 4) is 11.1 Å². The van der Waals surface area contributed by atoms with Gasteiger partial charge in [-0.2, -0.15) is 0 Å². The average molecular weight is 413 g/mol. The van der Waals surface area contributed by atoms with Crippen LogP contribution in [0.4, 0.5) is 11.4 Å². The number of benzene rings is 4. The van der Waals surface area contributed by atoms with Gasteiger partial charge in [0.25, 0.3) is 0 Å². The molecule has 0 saturated heterocycles. The Morgan fingerprint density at radius 2 is 1.50 bits per heavy atom. The van der Waals surface area contributed by atoms with Gasteiger partial charge in [-0.15, -0.1) is 0 Å². The van der Waals surface area contributed by atoms with E-state index in [-0.39, 0.29) is 0 Å². The smallest absolute Gasteiger partial charge is 0.0595 e. The fourth-order valence-electron chi connectivity index (χ4n) is 5.68. The zero-order valence-electron chi connectivity index (χ0n) is 17.9. The molecule has 2 nitrogen and oxygen atoms in total. The molecule has 1 unspecified atom stereocenters. The fraction of sp³-hybridized carbons (Fsp3) is 0.133. The van der Waals surface area contributed by atoms with Crippen molar-refractivity contribution >= 4 is 38.8 Å². The SMILES string of the molecule is C1=C2c3ccc(-c4ccc5[nH]c6ccccc6c5c4)cc3N(c3ccccc3)C2CCC1. The third-order valence-electron chi connectivity index (χ3n) is 7.16. The standard InChI is InChI=1S/C30H24N2/c1-2-8-22(9-3-1)32-29-13-7-5-11-24(29)25-16-14-21(19-30(25)32)20-15-17-28-26(18-20)23-10-4-6-12-27(23)31-28/h1-4,6,8-12,14-19,29,31H,5,7,13H2. The number of allylic oxidation sites excluding steroid dienone is 1. The Morgan fingerprint density at radius 3 is 2.44 bits per heavy atom. The summed E-state index contributed by atoms with van der Waals surface area (Å²) >= 11 is 0. The molecule has 1 atom stereocenters. The van der Waals surface area contributed by atoms with Crippen molar-refractivity contribution in [3.05, 3.63) is 103 Å². The van der Waals surface area contributed by atoms with Crippen LogP contribution in [0.25, 0.3) is 38.5 Å². The highest BCUT2D eigenvalue weighted by molar-refractivity contribution is 6.08. The van der Waals surface area contributed by atoms with Crippen molar-refractivity contribution in [1.82, 2.24) is 4.98 Å². The number of aromatic nitrogens is 1. The lowest BCUT2D eigenvalue weighted by atomic mass is 9.91. The van der Waals surface area contributed by atoms with Crippen LogP contribution in [-0.2, 0) is 0 Å². The van der Waals surface area contributed by atoms with Crippen LogP contribution in [0.5, 0.6) is 0 Å². The van der Waals surface area contributed by atoms with E-state index in [1.165, 1.54) is 74.7 Å². The summed E-state index contributed by atoms with van der Waals surface area (Å²) in [6.07, 6.45) is 6.13. The van der Waals surface area contributed by atoms with Crippen molar-refractivity contribution in [2.24, 2.45) is 0 Å². The van der Waals surface area contributed by atoms with Gasteiger partial charge < -0.3 is 9.88 Å². The second-order valence-corrected chi connectivity index (χ2v) is 8.97. The molecule has 0 radical (unpaired) electrons. The van der Waals surface area contributed by atoms with E-state index >= 15 is 0 Å². The highest BCUT2D eigenvalue weighted by Crippen LogP contribution is 2.49. The molecule has 7 rings (SSSR count). The second-order valence-electron chi connectivity index (χ2n) is 8.97. The van der Waals surface area contributed by atoms with Crippen LogP contribution in [0.2, 0.25) is 0 Å². The summed E-state index contributed by atoms with van der Waals surface area (Å²) in [5, 5.41) is 2.57. The zero-order valence-corrected chi connectivity index (χ0v) is 17.9. The topological polar surface area (TPSA) is 19.0 Å². The molecule has 0 saturated carbocycles. The first-order chi connectivity index (χ1) is 15.9. The van der Waals surface area contributed by atoms with Gasteiger partial charge in [-0.1, -0.05) is 60.7 Å². The number of para-hydroxylation sites is 2. The van der Waals surface area contributed by atoms with Crippen molar-refractivity contribution in [2.75, 3.05) is 4.90 Å². The van der Waals surface area contributed by atoms with Gasteiger partial charge in [0.15, 0.2) is 0 Å². The van der Waals surface area contributed by atoms with Gasteiger partial charge in [0.05, 0.1) is 6.04 Å². The Bertz CT molecular complexity index is 1510. The monoisotopic (exact) mass is 412 g/mol. The molecule has 0 fully saturated rings. The molecule has 2 heterocycles. The molecule has 2 aliphatic rings.